The van der Waals surface area contributed by atoms with Crippen LogP contribution in [0.4, 0.5) is 0 Å². The molecule has 21 heavy (non-hydrogen) atoms. The molecule has 2 aromatic rings. The van der Waals surface area contributed by atoms with Crippen molar-refractivity contribution in [1.82, 2.24) is 19.7 Å². The van der Waals surface area contributed by atoms with Crippen molar-refractivity contribution in [1.29, 1.82) is 0 Å². The molecule has 0 saturated heterocycles. The van der Waals surface area contributed by atoms with Crippen LogP contribution < -0.4 is 4.84 Å². The van der Waals surface area contributed by atoms with E-state index in [1.807, 2.05) is 0 Å². The summed E-state index contributed by atoms with van der Waals surface area (Å²) < 4.78 is 18.2. The molecule has 116 valence electrons. The highest BCUT2D eigenvalue weighted by atomic mass is 31.2. The molecule has 0 fully saturated rings. The molecule has 0 amide bonds. The maximum Gasteiger partial charge on any atom is 0.357 e. The Hall–Kier alpha value is -1.54. The van der Waals surface area contributed by atoms with Crippen LogP contribution in [0.25, 0.3) is 11.2 Å². The van der Waals surface area contributed by atoms with Crippen molar-refractivity contribution in [2.75, 3.05) is 6.79 Å². The van der Waals surface area contributed by atoms with Gasteiger partial charge in [-0.3, -0.25) is 4.57 Å². The van der Waals surface area contributed by atoms with Gasteiger partial charge in [0.25, 0.3) is 0 Å². The van der Waals surface area contributed by atoms with Gasteiger partial charge in [0.05, 0.1) is 6.20 Å². The second kappa shape index (κ2) is 6.07. The van der Waals surface area contributed by atoms with Crippen LogP contribution in [0.3, 0.4) is 0 Å². The number of rotatable bonds is 7. The van der Waals surface area contributed by atoms with E-state index in [1.54, 1.807) is 13.8 Å². The zero-order valence-electron chi connectivity index (χ0n) is 11.7. The van der Waals surface area contributed by atoms with E-state index < -0.39 is 12.9 Å². The molecule has 2 rings (SSSR count). The molecule has 0 bridgehead atoms. The van der Waals surface area contributed by atoms with Crippen molar-refractivity contribution in [2.45, 2.75) is 32.0 Å². The van der Waals surface area contributed by atoms with Gasteiger partial charge in [0.2, 0.25) is 6.79 Å². The predicted octanol–water partition coefficient (Wildman–Crippen LogP) is 0.923. The highest BCUT2D eigenvalue weighted by molar-refractivity contribution is 7.53. The minimum Gasteiger partial charge on any atom is -0.382 e. The maximum absolute atomic E-state index is 11.6. The Kier molecular flexibility index (Phi) is 4.58. The molecule has 10 heteroatoms. The molecule has 0 aromatic carbocycles. The number of fused-ring (bicyclic) bond motifs is 1. The average Bonchev–Trinajstić information content (AvgIpc) is 2.86. The van der Waals surface area contributed by atoms with Crippen molar-refractivity contribution >= 4 is 18.8 Å². The Bertz CT molecular complexity index is 651. The topological polar surface area (TPSA) is 120 Å². The minimum atomic E-state index is -4.41. The SMILES string of the molecule is CCC(CC)(OCOn1cnc2cncnc21)P(=O)(O)O. The standard InChI is InChI=1S/C11H17N4O5P/c1-3-11(4-2,21(16,17)18)19-8-20-15-7-14-9-5-12-6-13-10(9)15/h5-7H,3-4,8H2,1-2H3,(H2,16,17,18). The molecule has 0 unspecified atom stereocenters. The first kappa shape index (κ1) is 15.8. The fraction of sp³-hybridized carbons (Fsp3) is 0.545. The summed E-state index contributed by atoms with van der Waals surface area (Å²) in [6.45, 7) is 2.98. The van der Waals surface area contributed by atoms with Crippen LogP contribution in [0.1, 0.15) is 26.7 Å². The third kappa shape index (κ3) is 3.06. The first-order valence-electron chi connectivity index (χ1n) is 6.39. The summed E-state index contributed by atoms with van der Waals surface area (Å²) in [6, 6.07) is 0. The maximum atomic E-state index is 11.6. The first-order chi connectivity index (χ1) is 9.93. The van der Waals surface area contributed by atoms with Gasteiger partial charge in [0.15, 0.2) is 11.0 Å². The van der Waals surface area contributed by atoms with Gasteiger partial charge in [-0.15, -0.1) is 4.73 Å². The Balaban J connectivity index is 2.08. The van der Waals surface area contributed by atoms with Crippen molar-refractivity contribution in [2.24, 2.45) is 0 Å². The molecule has 0 aliphatic heterocycles. The summed E-state index contributed by atoms with van der Waals surface area (Å²) in [5.41, 5.74) is 0.994. The van der Waals surface area contributed by atoms with Crippen LogP contribution in [0.15, 0.2) is 18.9 Å². The van der Waals surface area contributed by atoms with Crippen LogP contribution >= 0.6 is 7.60 Å². The van der Waals surface area contributed by atoms with Gasteiger partial charge in [-0.2, -0.15) is 0 Å². The molecule has 2 aromatic heterocycles. The lowest BCUT2D eigenvalue weighted by Gasteiger charge is -2.31. The molecular weight excluding hydrogens is 299 g/mol. The lowest BCUT2D eigenvalue weighted by molar-refractivity contribution is -0.118. The molecule has 0 spiro atoms. The Labute approximate surface area is 121 Å². The molecule has 9 nitrogen and oxygen atoms in total. The lowest BCUT2D eigenvalue weighted by Crippen LogP contribution is -2.34. The normalized spacial score (nSPS) is 12.8. The van der Waals surface area contributed by atoms with Crippen LogP contribution in [0, 0.1) is 0 Å². The van der Waals surface area contributed by atoms with E-state index in [4.69, 9.17) is 9.57 Å². The Morgan fingerprint density at radius 1 is 1.33 bits per heavy atom. The van der Waals surface area contributed by atoms with Crippen LogP contribution in [-0.4, -0.2) is 41.6 Å². The molecule has 0 aliphatic carbocycles. The van der Waals surface area contributed by atoms with Gasteiger partial charge in [0, 0.05) is 0 Å². The van der Waals surface area contributed by atoms with E-state index in [-0.39, 0.29) is 19.6 Å². The van der Waals surface area contributed by atoms with E-state index in [9.17, 15) is 14.4 Å². The number of nitrogens with zero attached hydrogens (tertiary/aromatic N) is 4. The number of hydrogen-bond donors (Lipinski definition) is 2. The number of ether oxygens (including phenoxy) is 1. The summed E-state index contributed by atoms with van der Waals surface area (Å²) in [4.78, 5) is 36.1. The molecule has 0 saturated carbocycles. The zero-order chi connectivity index (χ0) is 15.5. The Morgan fingerprint density at radius 2 is 2.05 bits per heavy atom. The monoisotopic (exact) mass is 316 g/mol. The highest BCUT2D eigenvalue weighted by Crippen LogP contribution is 2.55. The van der Waals surface area contributed by atoms with Crippen molar-refractivity contribution in [3.63, 3.8) is 0 Å². The summed E-state index contributed by atoms with van der Waals surface area (Å²) in [5.74, 6) is 0. The van der Waals surface area contributed by atoms with E-state index in [2.05, 4.69) is 15.0 Å². The van der Waals surface area contributed by atoms with Crippen molar-refractivity contribution < 1.29 is 23.9 Å². The zero-order valence-corrected chi connectivity index (χ0v) is 12.6. The van der Waals surface area contributed by atoms with Gasteiger partial charge in [-0.1, -0.05) is 13.8 Å². The van der Waals surface area contributed by atoms with Crippen LogP contribution in [0.2, 0.25) is 0 Å². The van der Waals surface area contributed by atoms with Crippen LogP contribution in [0.5, 0.6) is 0 Å². The lowest BCUT2D eigenvalue weighted by atomic mass is 10.2. The molecule has 0 radical (unpaired) electrons. The van der Waals surface area contributed by atoms with Gasteiger partial charge < -0.3 is 19.4 Å². The molecule has 0 aliphatic rings. The summed E-state index contributed by atoms with van der Waals surface area (Å²) in [7, 11) is -4.41. The summed E-state index contributed by atoms with van der Waals surface area (Å²) >= 11 is 0. The second-order valence-corrected chi connectivity index (χ2v) is 6.29. The fourth-order valence-corrected chi connectivity index (χ4v) is 3.03. The minimum absolute atomic E-state index is 0.171. The van der Waals surface area contributed by atoms with Crippen LogP contribution in [-0.2, 0) is 9.30 Å². The number of hydrogen-bond acceptors (Lipinski definition) is 6. The molecular formula is C11H17N4O5P. The van der Waals surface area contributed by atoms with Gasteiger partial charge in [0.1, 0.15) is 18.2 Å². The smallest absolute Gasteiger partial charge is 0.357 e. The molecule has 2 heterocycles. The Morgan fingerprint density at radius 3 is 2.67 bits per heavy atom. The predicted molar refractivity (Wildman–Crippen MR) is 73.2 cm³/mol. The van der Waals surface area contributed by atoms with Gasteiger partial charge in [-0.25, -0.2) is 15.0 Å². The van der Waals surface area contributed by atoms with E-state index in [0.717, 1.165) is 0 Å². The van der Waals surface area contributed by atoms with Gasteiger partial charge in [-0.05, 0) is 12.8 Å². The van der Waals surface area contributed by atoms with Crippen molar-refractivity contribution in [3.05, 3.63) is 18.9 Å². The summed E-state index contributed by atoms with van der Waals surface area (Å²) in [5, 5.41) is -1.54. The average molecular weight is 316 g/mol. The van der Waals surface area contributed by atoms with Gasteiger partial charge >= 0.3 is 7.60 Å². The second-order valence-electron chi connectivity index (χ2n) is 4.39. The van der Waals surface area contributed by atoms with E-state index in [1.165, 1.54) is 23.6 Å². The highest BCUT2D eigenvalue weighted by Gasteiger charge is 2.45. The quantitative estimate of drug-likeness (QED) is 0.571. The first-order valence-corrected chi connectivity index (χ1v) is 8.00. The van der Waals surface area contributed by atoms with Crippen molar-refractivity contribution in [3.8, 4) is 0 Å². The number of imidazole rings is 1. The largest absolute Gasteiger partial charge is 0.382 e. The fourth-order valence-electron chi connectivity index (χ4n) is 1.98. The van der Waals surface area contributed by atoms with E-state index in [0.29, 0.717) is 11.2 Å². The molecule has 0 atom stereocenters. The molecule has 2 N–H and O–H groups in total. The third-order valence-corrected chi connectivity index (χ3v) is 5.16. The third-order valence-electron chi connectivity index (χ3n) is 3.34. The van der Waals surface area contributed by atoms with E-state index >= 15 is 0 Å². The number of aromatic nitrogens is 4. The summed E-state index contributed by atoms with van der Waals surface area (Å²) in [6.07, 6.45) is 4.61.